The van der Waals surface area contributed by atoms with Crippen LogP contribution < -0.4 is 0 Å². The molecule has 1 rings (SSSR count). The maximum atomic E-state index is 12.0. The molecule has 1 aromatic carbocycles. The Morgan fingerprint density at radius 1 is 1.20 bits per heavy atom. The van der Waals surface area contributed by atoms with Crippen LogP contribution in [0.4, 0.5) is 0 Å². The molecule has 20 heavy (non-hydrogen) atoms. The summed E-state index contributed by atoms with van der Waals surface area (Å²) in [5, 5.41) is 10.1. The van der Waals surface area contributed by atoms with E-state index >= 15 is 0 Å². The predicted molar refractivity (Wildman–Crippen MR) is 80.0 cm³/mol. The van der Waals surface area contributed by atoms with Gasteiger partial charge in [0.05, 0.1) is 0 Å². The third-order valence-corrected chi connectivity index (χ3v) is 3.61. The molecule has 0 aliphatic rings. The molecule has 108 valence electrons. The van der Waals surface area contributed by atoms with E-state index in [1.165, 1.54) is 6.92 Å². The molecule has 4 heteroatoms. The number of carboxylic acids is 1. The van der Waals surface area contributed by atoms with Crippen LogP contribution >= 0.6 is 11.6 Å². The van der Waals surface area contributed by atoms with Gasteiger partial charge in [0.1, 0.15) is 11.2 Å². The summed E-state index contributed by atoms with van der Waals surface area (Å²) in [7, 11) is 0. The van der Waals surface area contributed by atoms with E-state index in [0.29, 0.717) is 5.02 Å². The van der Waals surface area contributed by atoms with Crippen molar-refractivity contribution in [2.75, 3.05) is 0 Å². The van der Waals surface area contributed by atoms with Crippen LogP contribution in [0, 0.1) is 5.41 Å². The van der Waals surface area contributed by atoms with E-state index in [1.807, 2.05) is 13.8 Å². The largest absolute Gasteiger partial charge is 0.480 e. The van der Waals surface area contributed by atoms with E-state index in [2.05, 4.69) is 0 Å². The molecule has 0 aliphatic carbocycles. The van der Waals surface area contributed by atoms with Gasteiger partial charge in [-0.15, -0.1) is 0 Å². The lowest BCUT2D eigenvalue weighted by molar-refractivity contribution is -0.154. The molecule has 0 amide bonds. The second-order valence-electron chi connectivity index (χ2n) is 5.23. The lowest BCUT2D eigenvalue weighted by atomic mass is 9.75. The Balaban J connectivity index is 3.15. The molecule has 0 heterocycles. The van der Waals surface area contributed by atoms with Crippen molar-refractivity contribution in [1.29, 1.82) is 0 Å². The van der Waals surface area contributed by atoms with E-state index < -0.39 is 11.4 Å². The Morgan fingerprint density at radius 3 is 2.15 bits per heavy atom. The monoisotopic (exact) mass is 294 g/mol. The van der Waals surface area contributed by atoms with E-state index in [1.54, 1.807) is 30.3 Å². The van der Waals surface area contributed by atoms with Crippen molar-refractivity contribution >= 4 is 23.4 Å². The number of ketones is 1. The van der Waals surface area contributed by atoms with E-state index in [0.717, 1.165) is 11.1 Å². The highest BCUT2D eigenvalue weighted by Gasteiger charge is 2.42. The summed E-state index contributed by atoms with van der Waals surface area (Å²) in [5.74, 6) is -1.42. The minimum Gasteiger partial charge on any atom is -0.480 e. The Morgan fingerprint density at radius 2 is 1.75 bits per heavy atom. The first kappa shape index (κ1) is 16.4. The number of aliphatic carboxylic acids is 1. The number of rotatable bonds is 6. The number of hydrogen-bond acceptors (Lipinski definition) is 2. The summed E-state index contributed by atoms with van der Waals surface area (Å²) in [4.78, 5) is 23.6. The minimum atomic E-state index is -1.41. The van der Waals surface area contributed by atoms with Gasteiger partial charge in [-0.05, 0) is 51.3 Å². The van der Waals surface area contributed by atoms with Crippen molar-refractivity contribution in [2.45, 2.75) is 33.6 Å². The van der Waals surface area contributed by atoms with Gasteiger partial charge in [0.25, 0.3) is 0 Å². The third kappa shape index (κ3) is 3.94. The van der Waals surface area contributed by atoms with Gasteiger partial charge >= 0.3 is 5.97 Å². The van der Waals surface area contributed by atoms with Crippen LogP contribution in [0.3, 0.4) is 0 Å². The summed E-state index contributed by atoms with van der Waals surface area (Å²) >= 11 is 5.82. The highest BCUT2D eigenvalue weighted by Crippen LogP contribution is 2.31. The van der Waals surface area contributed by atoms with Crippen LogP contribution in [0.15, 0.2) is 35.9 Å². The molecule has 1 aromatic rings. The number of benzene rings is 1. The molecule has 0 saturated carbocycles. The zero-order valence-corrected chi connectivity index (χ0v) is 12.7. The van der Waals surface area contributed by atoms with Crippen LogP contribution in [0.1, 0.15) is 32.8 Å². The van der Waals surface area contributed by atoms with Crippen molar-refractivity contribution in [3.05, 3.63) is 46.5 Å². The molecule has 0 radical (unpaired) electrons. The lowest BCUT2D eigenvalue weighted by Gasteiger charge is -2.25. The van der Waals surface area contributed by atoms with Crippen molar-refractivity contribution in [3.8, 4) is 0 Å². The predicted octanol–water partition coefficient (Wildman–Crippen LogP) is 3.90. The molecule has 1 atom stereocenters. The van der Waals surface area contributed by atoms with E-state index in [-0.39, 0.29) is 18.6 Å². The smallest absolute Gasteiger partial charge is 0.317 e. The number of halogens is 1. The molecule has 1 unspecified atom stereocenters. The molecule has 0 aliphatic heterocycles. The fourth-order valence-corrected chi connectivity index (χ4v) is 2.11. The molecule has 0 spiro atoms. The zero-order valence-electron chi connectivity index (χ0n) is 11.9. The standard InChI is InChI=1S/C16H19ClO3/c1-11(2)8-9-16(12(3)18,15(19)20)10-13-4-6-14(17)7-5-13/h4-8H,9-10H2,1-3H3,(H,19,20). The lowest BCUT2D eigenvalue weighted by Crippen LogP contribution is -2.39. The highest BCUT2D eigenvalue weighted by molar-refractivity contribution is 6.30. The van der Waals surface area contributed by atoms with Crippen LogP contribution in [-0.4, -0.2) is 16.9 Å². The van der Waals surface area contributed by atoms with Crippen LogP contribution in [0.25, 0.3) is 0 Å². The van der Waals surface area contributed by atoms with Gasteiger partial charge in [-0.2, -0.15) is 0 Å². The van der Waals surface area contributed by atoms with Gasteiger partial charge in [-0.3, -0.25) is 9.59 Å². The normalized spacial score (nSPS) is 13.4. The average Bonchev–Trinajstić information content (AvgIpc) is 2.35. The van der Waals surface area contributed by atoms with E-state index in [9.17, 15) is 14.7 Å². The summed E-state index contributed by atoms with van der Waals surface area (Å²) in [6.07, 6.45) is 2.16. The van der Waals surface area contributed by atoms with Crippen molar-refractivity contribution in [2.24, 2.45) is 5.41 Å². The second-order valence-corrected chi connectivity index (χ2v) is 5.67. The Kier molecular flexibility index (Phi) is 5.52. The average molecular weight is 295 g/mol. The molecular weight excluding hydrogens is 276 g/mol. The maximum absolute atomic E-state index is 12.0. The van der Waals surface area contributed by atoms with Gasteiger partial charge in [0.15, 0.2) is 0 Å². The Bertz CT molecular complexity index is 511. The van der Waals surface area contributed by atoms with Gasteiger partial charge in [-0.25, -0.2) is 0 Å². The van der Waals surface area contributed by atoms with Crippen LogP contribution in [-0.2, 0) is 16.0 Å². The first-order valence-corrected chi connectivity index (χ1v) is 6.78. The van der Waals surface area contributed by atoms with Crippen molar-refractivity contribution < 1.29 is 14.7 Å². The number of carbonyl (C=O) groups excluding carboxylic acids is 1. The number of carboxylic acid groups (broad SMARTS) is 1. The maximum Gasteiger partial charge on any atom is 0.317 e. The Hall–Kier alpha value is -1.61. The number of hydrogen-bond donors (Lipinski definition) is 1. The summed E-state index contributed by atoms with van der Waals surface area (Å²) < 4.78 is 0. The molecule has 0 bridgehead atoms. The minimum absolute atomic E-state index is 0.165. The first-order valence-electron chi connectivity index (χ1n) is 6.40. The summed E-state index contributed by atoms with van der Waals surface area (Å²) in [6.45, 7) is 5.10. The fourth-order valence-electron chi connectivity index (χ4n) is 1.98. The second kappa shape index (κ2) is 6.71. The SMILES string of the molecule is CC(=O)C(CC=C(C)C)(Cc1ccc(Cl)cc1)C(=O)O. The van der Waals surface area contributed by atoms with Gasteiger partial charge < -0.3 is 5.11 Å². The van der Waals surface area contributed by atoms with Gasteiger partial charge in [0, 0.05) is 5.02 Å². The van der Waals surface area contributed by atoms with E-state index in [4.69, 9.17) is 11.6 Å². The van der Waals surface area contributed by atoms with Gasteiger partial charge in [-0.1, -0.05) is 35.4 Å². The number of carbonyl (C=O) groups is 2. The third-order valence-electron chi connectivity index (χ3n) is 3.36. The molecule has 1 N–H and O–H groups in total. The molecule has 0 aromatic heterocycles. The van der Waals surface area contributed by atoms with Gasteiger partial charge in [0.2, 0.25) is 0 Å². The number of Topliss-reactive ketones (excluding diaryl/α,β-unsaturated/α-hetero) is 1. The van der Waals surface area contributed by atoms with Crippen LogP contribution in [0.2, 0.25) is 5.02 Å². The topological polar surface area (TPSA) is 54.4 Å². The van der Waals surface area contributed by atoms with Crippen LogP contribution in [0.5, 0.6) is 0 Å². The van der Waals surface area contributed by atoms with Crippen molar-refractivity contribution in [1.82, 2.24) is 0 Å². The Labute approximate surface area is 124 Å². The quantitative estimate of drug-likeness (QED) is 0.639. The molecule has 0 fully saturated rings. The first-order chi connectivity index (χ1) is 9.28. The van der Waals surface area contributed by atoms with Crippen molar-refractivity contribution in [3.63, 3.8) is 0 Å². The summed E-state index contributed by atoms with van der Waals surface area (Å²) in [5.41, 5.74) is 0.368. The number of allylic oxidation sites excluding steroid dienone is 2. The molecule has 0 saturated heterocycles. The zero-order chi connectivity index (χ0) is 15.3. The fraction of sp³-hybridized carbons (Fsp3) is 0.375. The molecule has 3 nitrogen and oxygen atoms in total. The molecular formula is C16H19ClO3. The summed E-state index contributed by atoms with van der Waals surface area (Å²) in [6, 6.07) is 6.91. The highest BCUT2D eigenvalue weighted by atomic mass is 35.5.